The monoisotopic (exact) mass is 283 g/mol. The second kappa shape index (κ2) is 6.80. The predicted octanol–water partition coefficient (Wildman–Crippen LogP) is 3.98. The van der Waals surface area contributed by atoms with Gasteiger partial charge in [-0.25, -0.2) is 0 Å². The Hall–Kier alpha value is 0.314. The van der Waals surface area contributed by atoms with Crippen LogP contribution in [0, 0.1) is 6.92 Å². The van der Waals surface area contributed by atoms with Crippen LogP contribution in [0.3, 0.4) is 0 Å². The molecule has 0 fully saturated rings. The van der Waals surface area contributed by atoms with Gasteiger partial charge in [0, 0.05) is 0 Å². The minimum Gasteiger partial charge on any atom is -0.147 e. The van der Waals surface area contributed by atoms with Crippen LogP contribution in [0.15, 0.2) is 18.2 Å². The Bertz CT molecular complexity index is 308. The SMILES string of the molecule is Cc1cc([O][Ti])cc(C(C)(C)C)c1.Cl.Cl. The summed E-state index contributed by atoms with van der Waals surface area (Å²) in [6.07, 6.45) is 0. The van der Waals surface area contributed by atoms with E-state index in [0.717, 1.165) is 5.75 Å². The van der Waals surface area contributed by atoms with Gasteiger partial charge in [-0.1, -0.05) is 0 Å². The van der Waals surface area contributed by atoms with E-state index in [9.17, 15) is 0 Å². The largest absolute Gasteiger partial charge is 0.147 e. The third-order valence-electron chi connectivity index (χ3n) is 2.03. The molecular formula is C11H17Cl2OTi. The van der Waals surface area contributed by atoms with Crippen LogP contribution in [-0.2, 0) is 26.2 Å². The van der Waals surface area contributed by atoms with Gasteiger partial charge < -0.3 is 0 Å². The summed E-state index contributed by atoms with van der Waals surface area (Å²) in [5.41, 5.74) is 2.77. The van der Waals surface area contributed by atoms with E-state index in [1.165, 1.54) is 11.1 Å². The van der Waals surface area contributed by atoms with Gasteiger partial charge in [-0.15, -0.1) is 24.8 Å². The first-order chi connectivity index (χ1) is 5.93. The second-order valence-corrected chi connectivity index (χ2v) is 4.71. The number of rotatable bonds is 1. The summed E-state index contributed by atoms with van der Waals surface area (Å²) in [6, 6.07) is 6.37. The smallest absolute Gasteiger partial charge is 0.147 e. The molecule has 0 heterocycles. The maximum Gasteiger partial charge on any atom is -0.147 e. The Morgan fingerprint density at radius 1 is 1.07 bits per heavy atom. The molecule has 1 aromatic rings. The quantitative estimate of drug-likeness (QED) is 0.709. The average Bonchev–Trinajstić information content (AvgIpc) is 2.01. The van der Waals surface area contributed by atoms with Crippen LogP contribution in [0.25, 0.3) is 0 Å². The molecule has 1 nitrogen and oxygen atoms in total. The van der Waals surface area contributed by atoms with Gasteiger partial charge in [0.25, 0.3) is 0 Å². The zero-order chi connectivity index (χ0) is 10.1. The average molecular weight is 284 g/mol. The molecule has 0 aromatic heterocycles. The number of benzene rings is 1. The molecule has 0 aliphatic rings. The van der Waals surface area contributed by atoms with Crippen molar-refractivity contribution in [2.45, 2.75) is 33.1 Å². The maximum atomic E-state index is 5.23. The standard InChI is InChI=1S/C11H16O.2ClH.Ti/c1-8-5-9(11(2,3)4)7-10(12)6-8;;;/h5-7,12H,1-4H3;2*1H;/q;;;+1/p-1. The Morgan fingerprint density at radius 2 is 1.60 bits per heavy atom. The van der Waals surface area contributed by atoms with Crippen LogP contribution < -0.4 is 3.32 Å². The Morgan fingerprint density at radius 3 is 2.00 bits per heavy atom. The van der Waals surface area contributed by atoms with Gasteiger partial charge in [0.2, 0.25) is 0 Å². The molecule has 0 N–H and O–H groups in total. The Balaban J connectivity index is 0. The summed E-state index contributed by atoms with van der Waals surface area (Å²) in [6.45, 7) is 8.72. The third kappa shape index (κ3) is 5.26. The van der Waals surface area contributed by atoms with E-state index in [0.29, 0.717) is 0 Å². The molecule has 4 heteroatoms. The molecule has 0 radical (unpaired) electrons. The topological polar surface area (TPSA) is 9.23 Å². The van der Waals surface area contributed by atoms with E-state index < -0.39 is 0 Å². The summed E-state index contributed by atoms with van der Waals surface area (Å²) < 4.78 is 5.23. The summed E-state index contributed by atoms with van der Waals surface area (Å²) in [7, 11) is 0. The van der Waals surface area contributed by atoms with E-state index in [1.54, 1.807) is 20.8 Å². The van der Waals surface area contributed by atoms with E-state index in [2.05, 4.69) is 45.9 Å². The van der Waals surface area contributed by atoms with E-state index in [1.807, 2.05) is 0 Å². The van der Waals surface area contributed by atoms with Crippen molar-refractivity contribution in [3.8, 4) is 5.75 Å². The van der Waals surface area contributed by atoms with Gasteiger partial charge >= 0.3 is 92.3 Å². The van der Waals surface area contributed by atoms with Crippen molar-refractivity contribution in [1.29, 1.82) is 0 Å². The normalized spacial score (nSPS) is 9.80. The molecule has 1 aromatic carbocycles. The molecule has 0 unspecified atom stereocenters. The molecule has 85 valence electrons. The van der Waals surface area contributed by atoms with Crippen molar-refractivity contribution in [1.82, 2.24) is 0 Å². The molecule has 0 spiro atoms. The van der Waals surface area contributed by atoms with Crippen molar-refractivity contribution in [3.05, 3.63) is 29.3 Å². The first-order valence-corrected chi connectivity index (χ1v) is 5.03. The fourth-order valence-electron chi connectivity index (χ4n) is 1.24. The number of hydrogen-bond donors (Lipinski definition) is 0. The van der Waals surface area contributed by atoms with Crippen LogP contribution in [0.5, 0.6) is 5.75 Å². The molecule has 0 amide bonds. The summed E-state index contributed by atoms with van der Waals surface area (Å²) in [5, 5.41) is 0. The molecular weight excluding hydrogens is 267 g/mol. The van der Waals surface area contributed by atoms with Crippen molar-refractivity contribution in [3.63, 3.8) is 0 Å². The van der Waals surface area contributed by atoms with Gasteiger partial charge in [0.1, 0.15) is 0 Å². The fourth-order valence-corrected chi connectivity index (χ4v) is 1.42. The minimum absolute atomic E-state index is 0. The fraction of sp³-hybridized carbons (Fsp3) is 0.455. The first kappa shape index (κ1) is 17.7. The van der Waals surface area contributed by atoms with Crippen molar-refractivity contribution >= 4 is 24.8 Å². The molecule has 0 bridgehead atoms. The van der Waals surface area contributed by atoms with Crippen LogP contribution in [-0.4, -0.2) is 0 Å². The van der Waals surface area contributed by atoms with E-state index in [4.69, 9.17) is 3.32 Å². The van der Waals surface area contributed by atoms with Gasteiger partial charge in [-0.3, -0.25) is 0 Å². The van der Waals surface area contributed by atoms with Crippen molar-refractivity contribution in [2.24, 2.45) is 0 Å². The first-order valence-electron chi connectivity index (χ1n) is 4.39. The molecule has 0 aliphatic heterocycles. The van der Waals surface area contributed by atoms with Gasteiger partial charge in [-0.2, -0.15) is 0 Å². The van der Waals surface area contributed by atoms with Crippen LogP contribution in [0.4, 0.5) is 0 Å². The van der Waals surface area contributed by atoms with Gasteiger partial charge in [0.15, 0.2) is 0 Å². The van der Waals surface area contributed by atoms with Crippen molar-refractivity contribution in [2.75, 3.05) is 0 Å². The number of hydrogen-bond acceptors (Lipinski definition) is 1. The van der Waals surface area contributed by atoms with Gasteiger partial charge in [0.05, 0.1) is 0 Å². The van der Waals surface area contributed by atoms with Crippen LogP contribution in [0.1, 0.15) is 31.9 Å². The minimum atomic E-state index is 0. The van der Waals surface area contributed by atoms with E-state index >= 15 is 0 Å². The van der Waals surface area contributed by atoms with Gasteiger partial charge in [-0.05, 0) is 0 Å². The number of halogens is 2. The van der Waals surface area contributed by atoms with Crippen LogP contribution >= 0.6 is 24.8 Å². The molecule has 0 aliphatic carbocycles. The Labute approximate surface area is 117 Å². The third-order valence-corrected chi connectivity index (χ3v) is 2.40. The summed E-state index contributed by atoms with van der Waals surface area (Å²) in [4.78, 5) is 0. The predicted molar refractivity (Wildman–Crippen MR) is 65.0 cm³/mol. The maximum absolute atomic E-state index is 5.23. The van der Waals surface area contributed by atoms with Crippen LogP contribution in [0.2, 0.25) is 0 Å². The molecule has 0 atom stereocenters. The van der Waals surface area contributed by atoms with E-state index in [-0.39, 0.29) is 30.2 Å². The summed E-state index contributed by atoms with van der Waals surface area (Å²) in [5.74, 6) is 0.949. The molecule has 15 heavy (non-hydrogen) atoms. The molecule has 0 saturated heterocycles. The Kier molecular flexibility index (Phi) is 8.03. The number of aryl methyl sites for hydroxylation is 1. The molecule has 0 saturated carbocycles. The molecule has 1 rings (SSSR count). The second-order valence-electron chi connectivity index (χ2n) is 4.39. The zero-order valence-corrected chi connectivity index (χ0v) is 12.7. The van der Waals surface area contributed by atoms with Crippen molar-refractivity contribution < 1.29 is 24.1 Å². The zero-order valence-electron chi connectivity index (χ0n) is 9.46. The summed E-state index contributed by atoms with van der Waals surface area (Å²) >= 11 is 1.71.